The highest BCUT2D eigenvalue weighted by Gasteiger charge is 1.97. The van der Waals surface area contributed by atoms with Gasteiger partial charge in [-0.2, -0.15) is 5.10 Å². The number of aromatic nitrogens is 2. The number of nitrogens with one attached hydrogen (secondary N) is 1. The molecule has 0 radical (unpaired) electrons. The van der Waals surface area contributed by atoms with Gasteiger partial charge in [-0.15, -0.1) is 0 Å². The van der Waals surface area contributed by atoms with Crippen LogP contribution in [0.25, 0.3) is 0 Å². The molecule has 0 aromatic carbocycles. The summed E-state index contributed by atoms with van der Waals surface area (Å²) in [4.78, 5) is 0. The lowest BCUT2D eigenvalue weighted by molar-refractivity contribution is 0.590. The van der Waals surface area contributed by atoms with Crippen LogP contribution in [-0.4, -0.2) is 22.4 Å². The van der Waals surface area contributed by atoms with E-state index in [-0.39, 0.29) is 0 Å². The van der Waals surface area contributed by atoms with E-state index >= 15 is 0 Å². The molecular formula is C10H19N3. The Hall–Kier alpha value is -0.830. The summed E-state index contributed by atoms with van der Waals surface area (Å²) in [6, 6.07) is 0.571. The van der Waals surface area contributed by atoms with Crippen LogP contribution in [0.2, 0.25) is 0 Å². The molecule has 0 spiro atoms. The first-order valence-corrected chi connectivity index (χ1v) is 4.97. The van der Waals surface area contributed by atoms with E-state index in [1.807, 2.05) is 10.9 Å². The van der Waals surface area contributed by atoms with Gasteiger partial charge in [-0.25, -0.2) is 0 Å². The molecule has 1 aromatic heterocycles. The fourth-order valence-corrected chi connectivity index (χ4v) is 1.21. The summed E-state index contributed by atoms with van der Waals surface area (Å²) in [6.45, 7) is 8.42. The molecule has 0 unspecified atom stereocenters. The molecule has 74 valence electrons. The van der Waals surface area contributed by atoms with Gasteiger partial charge in [0.15, 0.2) is 0 Å². The second kappa shape index (κ2) is 5.02. The predicted molar refractivity (Wildman–Crippen MR) is 54.7 cm³/mol. The Labute approximate surface area is 80.1 Å². The zero-order valence-electron chi connectivity index (χ0n) is 8.75. The first kappa shape index (κ1) is 10.3. The molecule has 0 atom stereocenters. The maximum absolute atomic E-state index is 4.22. The monoisotopic (exact) mass is 181 g/mol. The van der Waals surface area contributed by atoms with Crippen molar-refractivity contribution in [2.24, 2.45) is 0 Å². The van der Waals surface area contributed by atoms with E-state index in [0.29, 0.717) is 6.04 Å². The van der Waals surface area contributed by atoms with Crippen LogP contribution in [0.5, 0.6) is 0 Å². The molecule has 1 N–H and O–H groups in total. The number of hydrogen-bond acceptors (Lipinski definition) is 2. The summed E-state index contributed by atoms with van der Waals surface area (Å²) in [5, 5.41) is 7.61. The van der Waals surface area contributed by atoms with Crippen LogP contribution in [0.4, 0.5) is 0 Å². The van der Waals surface area contributed by atoms with Gasteiger partial charge in [0.1, 0.15) is 0 Å². The van der Waals surface area contributed by atoms with Gasteiger partial charge in [-0.05, 0) is 25.5 Å². The summed E-state index contributed by atoms with van der Waals surface area (Å²) >= 11 is 0. The van der Waals surface area contributed by atoms with Crippen LogP contribution in [0.1, 0.15) is 26.3 Å². The molecule has 1 heterocycles. The average molecular weight is 181 g/mol. The second-order valence-corrected chi connectivity index (χ2v) is 3.56. The van der Waals surface area contributed by atoms with E-state index in [0.717, 1.165) is 19.5 Å². The van der Waals surface area contributed by atoms with Crippen molar-refractivity contribution in [2.45, 2.75) is 39.8 Å². The highest BCUT2D eigenvalue weighted by molar-refractivity contribution is 5.04. The minimum atomic E-state index is 0.571. The number of rotatable bonds is 5. The molecule has 0 aliphatic carbocycles. The minimum absolute atomic E-state index is 0.571. The maximum atomic E-state index is 4.22. The van der Waals surface area contributed by atoms with Gasteiger partial charge >= 0.3 is 0 Å². The third-order valence-corrected chi connectivity index (χ3v) is 1.98. The third kappa shape index (κ3) is 3.59. The highest BCUT2D eigenvalue weighted by Crippen LogP contribution is 1.97. The zero-order valence-corrected chi connectivity index (χ0v) is 8.75. The summed E-state index contributed by atoms with van der Waals surface area (Å²) in [7, 11) is 0. The van der Waals surface area contributed by atoms with E-state index in [4.69, 9.17) is 0 Å². The normalized spacial score (nSPS) is 11.1. The molecule has 1 aromatic rings. The second-order valence-electron chi connectivity index (χ2n) is 3.56. The molecule has 0 aliphatic heterocycles. The molecule has 0 fully saturated rings. The standard InChI is InChI=1S/C10H19N3/c1-4-13-8-10(7-12-13)5-6-11-9(2)3/h7-9,11H,4-6H2,1-3H3. The van der Waals surface area contributed by atoms with E-state index in [1.165, 1.54) is 5.56 Å². The largest absolute Gasteiger partial charge is 0.314 e. The maximum Gasteiger partial charge on any atom is 0.0522 e. The Morgan fingerprint density at radius 1 is 1.54 bits per heavy atom. The lowest BCUT2D eigenvalue weighted by atomic mass is 10.2. The van der Waals surface area contributed by atoms with Crippen LogP contribution in [0.15, 0.2) is 12.4 Å². The van der Waals surface area contributed by atoms with Crippen molar-refractivity contribution in [2.75, 3.05) is 6.54 Å². The van der Waals surface area contributed by atoms with Crippen molar-refractivity contribution in [1.29, 1.82) is 0 Å². The molecule has 13 heavy (non-hydrogen) atoms. The van der Waals surface area contributed by atoms with Crippen LogP contribution in [0.3, 0.4) is 0 Å². The number of aryl methyl sites for hydroxylation is 1. The van der Waals surface area contributed by atoms with Gasteiger partial charge in [0, 0.05) is 18.8 Å². The Morgan fingerprint density at radius 2 is 2.31 bits per heavy atom. The van der Waals surface area contributed by atoms with Gasteiger partial charge in [0.2, 0.25) is 0 Å². The smallest absolute Gasteiger partial charge is 0.0522 e. The minimum Gasteiger partial charge on any atom is -0.314 e. The molecule has 1 rings (SSSR count). The van der Waals surface area contributed by atoms with Crippen molar-refractivity contribution >= 4 is 0 Å². The first-order chi connectivity index (χ1) is 6.22. The summed E-state index contributed by atoms with van der Waals surface area (Å²) in [5.74, 6) is 0. The van der Waals surface area contributed by atoms with Crippen molar-refractivity contribution in [1.82, 2.24) is 15.1 Å². The van der Waals surface area contributed by atoms with E-state index in [9.17, 15) is 0 Å². The van der Waals surface area contributed by atoms with Crippen LogP contribution in [0, 0.1) is 0 Å². The Kier molecular flexibility index (Phi) is 3.96. The van der Waals surface area contributed by atoms with Gasteiger partial charge in [-0.3, -0.25) is 4.68 Å². The Bertz CT molecular complexity index is 240. The highest BCUT2D eigenvalue weighted by atomic mass is 15.3. The van der Waals surface area contributed by atoms with Gasteiger partial charge in [-0.1, -0.05) is 13.8 Å². The number of hydrogen-bond donors (Lipinski definition) is 1. The van der Waals surface area contributed by atoms with Gasteiger partial charge in [0.25, 0.3) is 0 Å². The predicted octanol–water partition coefficient (Wildman–Crippen LogP) is 1.44. The molecule has 0 amide bonds. The molecule has 3 heteroatoms. The number of nitrogens with zero attached hydrogens (tertiary/aromatic N) is 2. The Morgan fingerprint density at radius 3 is 2.85 bits per heavy atom. The lowest BCUT2D eigenvalue weighted by Gasteiger charge is -2.05. The van der Waals surface area contributed by atoms with Gasteiger partial charge < -0.3 is 5.32 Å². The van der Waals surface area contributed by atoms with Crippen molar-refractivity contribution < 1.29 is 0 Å². The van der Waals surface area contributed by atoms with Crippen LogP contribution in [-0.2, 0) is 13.0 Å². The molecule has 0 saturated heterocycles. The fraction of sp³-hybridized carbons (Fsp3) is 0.700. The fourth-order valence-electron chi connectivity index (χ4n) is 1.21. The van der Waals surface area contributed by atoms with Crippen LogP contribution >= 0.6 is 0 Å². The van der Waals surface area contributed by atoms with E-state index in [2.05, 4.69) is 37.4 Å². The molecular weight excluding hydrogens is 162 g/mol. The molecule has 3 nitrogen and oxygen atoms in total. The van der Waals surface area contributed by atoms with E-state index in [1.54, 1.807) is 0 Å². The lowest BCUT2D eigenvalue weighted by Crippen LogP contribution is -2.24. The quantitative estimate of drug-likeness (QED) is 0.745. The topological polar surface area (TPSA) is 29.9 Å². The van der Waals surface area contributed by atoms with Crippen molar-refractivity contribution in [3.05, 3.63) is 18.0 Å². The molecule has 0 saturated carbocycles. The third-order valence-electron chi connectivity index (χ3n) is 1.98. The summed E-state index contributed by atoms with van der Waals surface area (Å²) in [5.41, 5.74) is 1.31. The Balaban J connectivity index is 2.28. The summed E-state index contributed by atoms with van der Waals surface area (Å²) < 4.78 is 1.96. The van der Waals surface area contributed by atoms with Crippen molar-refractivity contribution in [3.63, 3.8) is 0 Å². The SMILES string of the molecule is CCn1cc(CCNC(C)C)cn1. The molecule has 0 bridgehead atoms. The first-order valence-electron chi connectivity index (χ1n) is 4.97. The van der Waals surface area contributed by atoms with Crippen molar-refractivity contribution in [3.8, 4) is 0 Å². The van der Waals surface area contributed by atoms with E-state index < -0.39 is 0 Å². The molecule has 0 aliphatic rings. The summed E-state index contributed by atoms with van der Waals surface area (Å²) in [6.07, 6.45) is 5.13. The average Bonchev–Trinajstić information content (AvgIpc) is 2.52. The van der Waals surface area contributed by atoms with Crippen LogP contribution < -0.4 is 5.32 Å². The van der Waals surface area contributed by atoms with Gasteiger partial charge in [0.05, 0.1) is 6.20 Å². The zero-order chi connectivity index (χ0) is 9.68.